The van der Waals surface area contributed by atoms with Gasteiger partial charge in [-0.2, -0.15) is 11.8 Å². The predicted molar refractivity (Wildman–Crippen MR) is 127 cm³/mol. The zero-order chi connectivity index (χ0) is 18.6. The summed E-state index contributed by atoms with van der Waals surface area (Å²) in [7, 11) is 1.81. The van der Waals surface area contributed by atoms with Gasteiger partial charge >= 0.3 is 0 Å². The number of guanidine groups is 1. The number of hydrogen-bond donors (Lipinski definition) is 2. The first kappa shape index (κ1) is 24.4. The Morgan fingerprint density at radius 1 is 1.33 bits per heavy atom. The smallest absolute Gasteiger partial charge is 0.191 e. The molecule has 0 saturated carbocycles. The average molecular weight is 507 g/mol. The van der Waals surface area contributed by atoms with Crippen LogP contribution in [0.1, 0.15) is 36.8 Å². The standard InChI is InChI=1S/C20H33N3O2S.HI/c1-16-8-9-17(19(13-16)25-15-18-7-6-11-24-18)14-23-20(21-2)22-10-4-5-12-26-3;/h8-9,13,18H,4-7,10-12,14-15H2,1-3H3,(H2,21,22,23);1H. The number of benzene rings is 1. The average Bonchev–Trinajstić information content (AvgIpc) is 3.17. The van der Waals surface area contributed by atoms with Gasteiger partial charge in [-0.25, -0.2) is 0 Å². The van der Waals surface area contributed by atoms with E-state index in [1.165, 1.54) is 17.7 Å². The van der Waals surface area contributed by atoms with E-state index in [0.717, 1.165) is 49.7 Å². The summed E-state index contributed by atoms with van der Waals surface area (Å²) in [6.45, 7) is 5.20. The molecule has 2 rings (SSSR count). The first-order valence-electron chi connectivity index (χ1n) is 9.50. The molecule has 7 heteroatoms. The van der Waals surface area contributed by atoms with Crippen LogP contribution in [0.15, 0.2) is 23.2 Å². The first-order chi connectivity index (χ1) is 12.7. The minimum atomic E-state index is 0. The van der Waals surface area contributed by atoms with Crippen LogP contribution in [-0.4, -0.2) is 50.9 Å². The molecule has 1 aliphatic heterocycles. The lowest BCUT2D eigenvalue weighted by Crippen LogP contribution is -2.37. The Hall–Kier alpha value is -0.670. The molecular weight excluding hydrogens is 473 g/mol. The predicted octanol–water partition coefficient (Wildman–Crippen LogP) is 3.98. The molecular formula is C20H34IN3O2S. The van der Waals surface area contributed by atoms with E-state index in [2.05, 4.69) is 47.0 Å². The number of halogens is 1. The number of aryl methyl sites for hydroxylation is 1. The molecule has 1 aliphatic rings. The van der Waals surface area contributed by atoms with E-state index in [-0.39, 0.29) is 30.1 Å². The van der Waals surface area contributed by atoms with Crippen molar-refractivity contribution in [2.45, 2.75) is 45.3 Å². The lowest BCUT2D eigenvalue weighted by atomic mass is 10.1. The second-order valence-corrected chi connectivity index (χ2v) is 7.60. The van der Waals surface area contributed by atoms with Gasteiger partial charge in [0.2, 0.25) is 0 Å². The maximum Gasteiger partial charge on any atom is 0.191 e. The molecule has 0 bridgehead atoms. The minimum absolute atomic E-state index is 0. The van der Waals surface area contributed by atoms with Crippen molar-refractivity contribution in [1.82, 2.24) is 10.6 Å². The Morgan fingerprint density at radius 2 is 2.19 bits per heavy atom. The number of hydrogen-bond acceptors (Lipinski definition) is 4. The summed E-state index contributed by atoms with van der Waals surface area (Å²) >= 11 is 1.89. The first-order valence-corrected chi connectivity index (χ1v) is 10.9. The normalized spacial score (nSPS) is 16.7. The fourth-order valence-corrected chi connectivity index (χ4v) is 3.37. The van der Waals surface area contributed by atoms with Gasteiger partial charge in [0.15, 0.2) is 5.96 Å². The summed E-state index contributed by atoms with van der Waals surface area (Å²) < 4.78 is 11.7. The van der Waals surface area contributed by atoms with E-state index in [1.54, 1.807) is 7.05 Å². The van der Waals surface area contributed by atoms with Crippen LogP contribution in [0.4, 0.5) is 0 Å². The number of unbranched alkanes of at least 4 members (excludes halogenated alkanes) is 1. The maximum absolute atomic E-state index is 6.07. The number of ether oxygens (including phenoxy) is 2. The number of nitrogens with one attached hydrogen (secondary N) is 2. The number of rotatable bonds is 10. The third kappa shape index (κ3) is 9.38. The monoisotopic (exact) mass is 507 g/mol. The molecule has 1 saturated heterocycles. The van der Waals surface area contributed by atoms with Crippen molar-refractivity contribution >= 4 is 41.7 Å². The topological polar surface area (TPSA) is 54.9 Å². The van der Waals surface area contributed by atoms with Gasteiger partial charge in [0.05, 0.1) is 6.10 Å². The maximum atomic E-state index is 6.07. The van der Waals surface area contributed by atoms with E-state index < -0.39 is 0 Å². The SMILES string of the molecule is CN=C(NCCCCSC)NCc1ccc(C)cc1OCC1CCCO1.I. The highest BCUT2D eigenvalue weighted by Gasteiger charge is 2.17. The summed E-state index contributed by atoms with van der Waals surface area (Å²) in [4.78, 5) is 4.31. The van der Waals surface area contributed by atoms with Crippen molar-refractivity contribution in [2.24, 2.45) is 4.99 Å². The molecule has 1 heterocycles. The van der Waals surface area contributed by atoms with E-state index in [4.69, 9.17) is 9.47 Å². The van der Waals surface area contributed by atoms with Gasteiger partial charge in [0.1, 0.15) is 12.4 Å². The fraction of sp³-hybridized carbons (Fsp3) is 0.650. The highest BCUT2D eigenvalue weighted by molar-refractivity contribution is 14.0. The van der Waals surface area contributed by atoms with Crippen LogP contribution < -0.4 is 15.4 Å². The van der Waals surface area contributed by atoms with E-state index in [0.29, 0.717) is 13.2 Å². The summed E-state index contributed by atoms with van der Waals surface area (Å²) in [5, 5.41) is 6.76. The zero-order valence-electron chi connectivity index (χ0n) is 16.8. The quantitative estimate of drug-likeness (QED) is 0.217. The Bertz CT molecular complexity index is 566. The van der Waals surface area contributed by atoms with Crippen LogP contribution in [0.2, 0.25) is 0 Å². The number of aliphatic imine (C=N–C) groups is 1. The van der Waals surface area contributed by atoms with Crippen LogP contribution in [-0.2, 0) is 11.3 Å². The lowest BCUT2D eigenvalue weighted by Gasteiger charge is -2.17. The third-order valence-corrected chi connectivity index (χ3v) is 5.11. The third-order valence-electron chi connectivity index (χ3n) is 4.41. The molecule has 27 heavy (non-hydrogen) atoms. The molecule has 5 nitrogen and oxygen atoms in total. The van der Waals surface area contributed by atoms with Gasteiger partial charge in [-0.1, -0.05) is 12.1 Å². The lowest BCUT2D eigenvalue weighted by molar-refractivity contribution is 0.0676. The Kier molecular flexibility index (Phi) is 12.9. The fourth-order valence-electron chi connectivity index (χ4n) is 2.88. The summed E-state index contributed by atoms with van der Waals surface area (Å²) in [6, 6.07) is 6.35. The van der Waals surface area contributed by atoms with Crippen molar-refractivity contribution in [1.29, 1.82) is 0 Å². The Labute approximate surface area is 185 Å². The summed E-state index contributed by atoms with van der Waals surface area (Å²) in [5.41, 5.74) is 2.34. The molecule has 1 unspecified atom stereocenters. The van der Waals surface area contributed by atoms with Gasteiger partial charge in [-0.05, 0) is 56.2 Å². The second-order valence-electron chi connectivity index (χ2n) is 6.61. The summed E-state index contributed by atoms with van der Waals surface area (Å²) in [6.07, 6.45) is 6.98. The molecule has 1 aromatic carbocycles. The molecule has 2 N–H and O–H groups in total. The van der Waals surface area contributed by atoms with Gasteiger partial charge in [0.25, 0.3) is 0 Å². The second kappa shape index (κ2) is 14.3. The molecule has 1 aromatic rings. The molecule has 154 valence electrons. The number of nitrogens with zero attached hydrogens (tertiary/aromatic N) is 1. The van der Waals surface area contributed by atoms with Crippen molar-refractivity contribution in [3.8, 4) is 5.75 Å². The van der Waals surface area contributed by atoms with E-state index in [9.17, 15) is 0 Å². The molecule has 0 amide bonds. The largest absolute Gasteiger partial charge is 0.491 e. The molecule has 1 fully saturated rings. The summed E-state index contributed by atoms with van der Waals surface area (Å²) in [5.74, 6) is 2.98. The van der Waals surface area contributed by atoms with Crippen molar-refractivity contribution in [2.75, 3.05) is 38.8 Å². The molecule has 1 atom stereocenters. The highest BCUT2D eigenvalue weighted by Crippen LogP contribution is 2.22. The van der Waals surface area contributed by atoms with Crippen molar-refractivity contribution < 1.29 is 9.47 Å². The van der Waals surface area contributed by atoms with Gasteiger partial charge in [-0.15, -0.1) is 24.0 Å². The van der Waals surface area contributed by atoms with Crippen LogP contribution in [0.5, 0.6) is 5.75 Å². The number of thioether (sulfide) groups is 1. The Morgan fingerprint density at radius 3 is 2.89 bits per heavy atom. The molecule has 0 aromatic heterocycles. The molecule has 0 aliphatic carbocycles. The van der Waals surface area contributed by atoms with Crippen LogP contribution in [0, 0.1) is 6.92 Å². The van der Waals surface area contributed by atoms with Crippen molar-refractivity contribution in [3.63, 3.8) is 0 Å². The van der Waals surface area contributed by atoms with Crippen LogP contribution in [0.3, 0.4) is 0 Å². The van der Waals surface area contributed by atoms with E-state index >= 15 is 0 Å². The minimum Gasteiger partial charge on any atom is -0.491 e. The van der Waals surface area contributed by atoms with Crippen molar-refractivity contribution in [3.05, 3.63) is 29.3 Å². The zero-order valence-corrected chi connectivity index (χ0v) is 19.9. The van der Waals surface area contributed by atoms with Gasteiger partial charge in [-0.3, -0.25) is 4.99 Å². The Balaban J connectivity index is 0.00000364. The van der Waals surface area contributed by atoms with Gasteiger partial charge < -0.3 is 20.1 Å². The highest BCUT2D eigenvalue weighted by atomic mass is 127. The molecule has 0 radical (unpaired) electrons. The van der Waals surface area contributed by atoms with E-state index in [1.807, 2.05) is 11.8 Å². The van der Waals surface area contributed by atoms with Crippen LogP contribution >= 0.6 is 35.7 Å². The van der Waals surface area contributed by atoms with Crippen LogP contribution in [0.25, 0.3) is 0 Å². The molecule has 0 spiro atoms. The van der Waals surface area contributed by atoms with Gasteiger partial charge in [0, 0.05) is 32.3 Å².